The Morgan fingerprint density at radius 2 is 2.15 bits per heavy atom. The molecule has 0 aromatic heterocycles. The predicted molar refractivity (Wildman–Crippen MR) is 65.0 cm³/mol. The van der Waals surface area contributed by atoms with Crippen LogP contribution in [-0.2, 0) is 0 Å². The highest BCUT2D eigenvalue weighted by molar-refractivity contribution is 14.1. The summed E-state index contributed by atoms with van der Waals surface area (Å²) in [5.41, 5.74) is 2.67. The Bertz CT molecular complexity index is 354. The van der Waals surface area contributed by atoms with Crippen molar-refractivity contribution in [1.29, 1.82) is 0 Å². The summed E-state index contributed by atoms with van der Waals surface area (Å²) in [5.74, 6) is 0. The van der Waals surface area contributed by atoms with Gasteiger partial charge < -0.3 is 5.32 Å². The van der Waals surface area contributed by atoms with Crippen LogP contribution in [-0.4, -0.2) is 13.1 Å². The van der Waals surface area contributed by atoms with E-state index in [1.54, 1.807) is 0 Å². The second-order valence-electron chi connectivity index (χ2n) is 3.07. The Balaban J connectivity index is 2.33. The largest absolute Gasteiger partial charge is 0.309 e. The lowest BCUT2D eigenvalue weighted by atomic mass is 10.1. The van der Waals surface area contributed by atoms with Crippen LogP contribution in [0.1, 0.15) is 5.56 Å². The van der Waals surface area contributed by atoms with Crippen molar-refractivity contribution >= 4 is 40.3 Å². The third-order valence-corrected chi connectivity index (χ3v) is 3.24. The molecule has 1 N–H and O–H groups in total. The number of benzene rings is 1. The normalized spacial score (nSPS) is 15.4. The maximum absolute atomic E-state index is 5.91. The average molecular weight is 306 g/mol. The summed E-state index contributed by atoms with van der Waals surface area (Å²) in [5, 5.41) is 4.02. The highest BCUT2D eigenvalue weighted by Gasteiger charge is 2.07. The van der Waals surface area contributed by atoms with Crippen LogP contribution in [0.3, 0.4) is 0 Å². The van der Waals surface area contributed by atoms with E-state index in [1.165, 1.54) is 14.7 Å². The molecule has 0 aliphatic carbocycles. The Kier molecular flexibility index (Phi) is 2.91. The van der Waals surface area contributed by atoms with E-state index in [1.807, 2.05) is 18.2 Å². The zero-order chi connectivity index (χ0) is 9.26. The lowest BCUT2D eigenvalue weighted by Gasteiger charge is -2.18. The van der Waals surface area contributed by atoms with Crippen molar-refractivity contribution in [1.82, 2.24) is 5.32 Å². The van der Waals surface area contributed by atoms with E-state index in [9.17, 15) is 0 Å². The molecule has 0 saturated carbocycles. The van der Waals surface area contributed by atoms with E-state index in [2.05, 4.69) is 34.0 Å². The van der Waals surface area contributed by atoms with Gasteiger partial charge in [0.15, 0.2) is 0 Å². The standard InChI is InChI=1S/C10H9ClIN/c11-9-1-2-10(12)8(4-9)3-7-5-13-6-7/h1-4,13H,5-6H2. The van der Waals surface area contributed by atoms with E-state index in [4.69, 9.17) is 11.6 Å². The minimum Gasteiger partial charge on any atom is -0.309 e. The number of nitrogens with one attached hydrogen (secondary N) is 1. The number of hydrogen-bond acceptors (Lipinski definition) is 1. The van der Waals surface area contributed by atoms with Crippen LogP contribution in [0, 0.1) is 3.57 Å². The molecule has 1 saturated heterocycles. The molecule has 3 heteroatoms. The molecule has 2 rings (SSSR count). The molecule has 0 spiro atoms. The number of rotatable bonds is 1. The van der Waals surface area contributed by atoms with Gasteiger partial charge in [-0.2, -0.15) is 0 Å². The molecular formula is C10H9ClIN. The van der Waals surface area contributed by atoms with Crippen LogP contribution in [0.25, 0.3) is 6.08 Å². The molecule has 1 aromatic carbocycles. The first-order chi connectivity index (χ1) is 6.25. The summed E-state index contributed by atoms with van der Waals surface area (Å²) in [6, 6.07) is 5.97. The molecule has 1 nitrogen and oxygen atoms in total. The fraction of sp³-hybridized carbons (Fsp3) is 0.200. The molecule has 0 unspecified atom stereocenters. The van der Waals surface area contributed by atoms with Gasteiger partial charge in [-0.1, -0.05) is 17.7 Å². The van der Waals surface area contributed by atoms with E-state index in [0.717, 1.165) is 18.1 Å². The Labute approximate surface area is 96.3 Å². The highest BCUT2D eigenvalue weighted by Crippen LogP contribution is 2.21. The molecule has 1 aliphatic heterocycles. The molecule has 1 fully saturated rings. The van der Waals surface area contributed by atoms with Gasteiger partial charge in [-0.15, -0.1) is 0 Å². The van der Waals surface area contributed by atoms with Crippen molar-refractivity contribution in [2.45, 2.75) is 0 Å². The first kappa shape index (κ1) is 9.49. The maximum Gasteiger partial charge on any atom is 0.0412 e. The molecule has 1 heterocycles. The monoisotopic (exact) mass is 305 g/mol. The quantitative estimate of drug-likeness (QED) is 0.787. The number of hydrogen-bond donors (Lipinski definition) is 1. The minimum absolute atomic E-state index is 0.805. The van der Waals surface area contributed by atoms with E-state index < -0.39 is 0 Å². The van der Waals surface area contributed by atoms with Crippen LogP contribution >= 0.6 is 34.2 Å². The average Bonchev–Trinajstić information content (AvgIpc) is 2.03. The fourth-order valence-electron chi connectivity index (χ4n) is 1.22. The van der Waals surface area contributed by atoms with E-state index in [-0.39, 0.29) is 0 Å². The van der Waals surface area contributed by atoms with Crippen LogP contribution in [0.5, 0.6) is 0 Å². The lowest BCUT2D eigenvalue weighted by molar-refractivity contribution is 0.675. The van der Waals surface area contributed by atoms with Crippen LogP contribution < -0.4 is 5.32 Å². The van der Waals surface area contributed by atoms with Gasteiger partial charge in [0, 0.05) is 21.7 Å². The second-order valence-corrected chi connectivity index (χ2v) is 4.67. The molecule has 13 heavy (non-hydrogen) atoms. The molecule has 0 amide bonds. The van der Waals surface area contributed by atoms with Crippen molar-refractivity contribution in [3.05, 3.63) is 37.9 Å². The lowest BCUT2D eigenvalue weighted by Crippen LogP contribution is -2.33. The molecule has 68 valence electrons. The first-order valence-electron chi connectivity index (χ1n) is 4.11. The van der Waals surface area contributed by atoms with E-state index in [0.29, 0.717) is 0 Å². The zero-order valence-electron chi connectivity index (χ0n) is 6.98. The summed E-state index contributed by atoms with van der Waals surface area (Å²) in [7, 11) is 0. The van der Waals surface area contributed by atoms with Gasteiger partial charge >= 0.3 is 0 Å². The van der Waals surface area contributed by atoms with E-state index >= 15 is 0 Å². The third kappa shape index (κ3) is 2.24. The topological polar surface area (TPSA) is 12.0 Å². The van der Waals surface area contributed by atoms with Gasteiger partial charge in [-0.3, -0.25) is 0 Å². The maximum atomic E-state index is 5.91. The van der Waals surface area contributed by atoms with Crippen molar-refractivity contribution in [2.75, 3.05) is 13.1 Å². The van der Waals surface area contributed by atoms with Crippen molar-refractivity contribution in [3.63, 3.8) is 0 Å². The summed E-state index contributed by atoms with van der Waals surface area (Å²) in [4.78, 5) is 0. The molecular weight excluding hydrogens is 296 g/mol. The van der Waals surface area contributed by atoms with Gasteiger partial charge in [0.05, 0.1) is 0 Å². The summed E-state index contributed by atoms with van der Waals surface area (Å²) >= 11 is 8.24. The second kappa shape index (κ2) is 3.98. The van der Waals surface area contributed by atoms with Crippen molar-refractivity contribution in [2.24, 2.45) is 0 Å². The fourth-order valence-corrected chi connectivity index (χ4v) is 1.89. The van der Waals surface area contributed by atoms with Gasteiger partial charge in [0.2, 0.25) is 0 Å². The Morgan fingerprint density at radius 1 is 1.38 bits per heavy atom. The summed E-state index contributed by atoms with van der Waals surface area (Å²) in [6.45, 7) is 2.03. The zero-order valence-corrected chi connectivity index (χ0v) is 9.89. The van der Waals surface area contributed by atoms with Crippen LogP contribution in [0.4, 0.5) is 0 Å². The number of halogens is 2. The van der Waals surface area contributed by atoms with Crippen molar-refractivity contribution in [3.8, 4) is 0 Å². The van der Waals surface area contributed by atoms with Gasteiger partial charge in [-0.25, -0.2) is 0 Å². The Morgan fingerprint density at radius 3 is 2.77 bits per heavy atom. The van der Waals surface area contributed by atoms with Crippen LogP contribution in [0.2, 0.25) is 5.02 Å². The van der Waals surface area contributed by atoms with Gasteiger partial charge in [0.25, 0.3) is 0 Å². The van der Waals surface area contributed by atoms with Crippen molar-refractivity contribution < 1.29 is 0 Å². The molecule has 0 atom stereocenters. The van der Waals surface area contributed by atoms with Crippen LogP contribution in [0.15, 0.2) is 23.8 Å². The first-order valence-corrected chi connectivity index (χ1v) is 5.56. The predicted octanol–water partition coefficient (Wildman–Crippen LogP) is 2.93. The van der Waals surface area contributed by atoms with Gasteiger partial charge in [0.1, 0.15) is 0 Å². The highest BCUT2D eigenvalue weighted by atomic mass is 127. The smallest absolute Gasteiger partial charge is 0.0412 e. The SMILES string of the molecule is Clc1ccc(I)c(C=C2CNC2)c1. The molecule has 1 aliphatic rings. The third-order valence-electron chi connectivity index (χ3n) is 2.02. The van der Waals surface area contributed by atoms with Gasteiger partial charge in [-0.05, 0) is 51.9 Å². The summed E-state index contributed by atoms with van der Waals surface area (Å²) in [6.07, 6.45) is 2.21. The summed E-state index contributed by atoms with van der Waals surface area (Å²) < 4.78 is 1.25. The molecule has 0 radical (unpaired) electrons. The molecule has 0 bridgehead atoms. The Hall–Kier alpha value is -0.0600. The molecule has 1 aromatic rings. The minimum atomic E-state index is 0.805.